The maximum atomic E-state index is 13.0. The van der Waals surface area contributed by atoms with Crippen LogP contribution in [0.15, 0.2) is 77.7 Å². The molecule has 0 spiro atoms. The Bertz CT molecular complexity index is 1110. The lowest BCUT2D eigenvalue weighted by molar-refractivity contribution is 0.0986. The fourth-order valence-electron chi connectivity index (χ4n) is 3.37. The number of rotatable bonds is 3. The van der Waals surface area contributed by atoms with E-state index < -0.39 is 10.8 Å². The fourth-order valence-corrected chi connectivity index (χ4v) is 4.58. The van der Waals surface area contributed by atoms with Crippen molar-refractivity contribution in [1.29, 1.82) is 0 Å². The van der Waals surface area contributed by atoms with Gasteiger partial charge in [-0.3, -0.25) is 13.8 Å². The lowest BCUT2D eigenvalue weighted by atomic mass is 10.1. The van der Waals surface area contributed by atoms with E-state index in [4.69, 9.17) is 0 Å². The molecule has 0 bridgehead atoms. The summed E-state index contributed by atoms with van der Waals surface area (Å²) in [6, 6.07) is 21.5. The van der Waals surface area contributed by atoms with Crippen LogP contribution in [-0.4, -0.2) is 28.3 Å². The van der Waals surface area contributed by atoms with Crippen molar-refractivity contribution < 1.29 is 13.8 Å². The summed E-state index contributed by atoms with van der Waals surface area (Å²) < 4.78 is 12.2. The number of para-hydroxylation sites is 1. The molecule has 0 saturated carbocycles. The maximum Gasteiger partial charge on any atom is 0.258 e. The number of hydrogen-bond donors (Lipinski definition) is 1. The molecule has 0 aromatic heterocycles. The van der Waals surface area contributed by atoms with E-state index in [1.165, 1.54) is 0 Å². The number of aryl methyl sites for hydroxylation is 1. The van der Waals surface area contributed by atoms with Gasteiger partial charge in [-0.25, -0.2) is 0 Å². The van der Waals surface area contributed by atoms with Crippen molar-refractivity contribution >= 4 is 34.0 Å². The Kier molecular flexibility index (Phi) is 5.27. The van der Waals surface area contributed by atoms with Crippen molar-refractivity contribution in [3.63, 3.8) is 0 Å². The summed E-state index contributed by atoms with van der Waals surface area (Å²) in [5.74, 6) is 0.0911. The Hall–Kier alpha value is -3.25. The van der Waals surface area contributed by atoms with Crippen molar-refractivity contribution in [3.8, 4) is 0 Å². The van der Waals surface area contributed by atoms with Crippen LogP contribution in [0, 0.1) is 6.92 Å². The third-order valence-electron chi connectivity index (χ3n) is 4.93. The van der Waals surface area contributed by atoms with Crippen LogP contribution in [-0.2, 0) is 10.8 Å². The predicted molar refractivity (Wildman–Crippen MR) is 115 cm³/mol. The van der Waals surface area contributed by atoms with E-state index in [2.05, 4.69) is 5.32 Å². The van der Waals surface area contributed by atoms with Gasteiger partial charge in [-0.1, -0.05) is 30.3 Å². The summed E-state index contributed by atoms with van der Waals surface area (Å²) >= 11 is 0. The molecule has 1 unspecified atom stereocenters. The van der Waals surface area contributed by atoms with Crippen molar-refractivity contribution in [1.82, 2.24) is 0 Å². The van der Waals surface area contributed by atoms with E-state index in [9.17, 15) is 13.8 Å². The van der Waals surface area contributed by atoms with Gasteiger partial charge in [0.25, 0.3) is 11.8 Å². The van der Waals surface area contributed by atoms with Crippen molar-refractivity contribution in [2.75, 3.05) is 22.5 Å². The highest BCUT2D eigenvalue weighted by atomic mass is 32.2. The topological polar surface area (TPSA) is 66.5 Å². The zero-order valence-corrected chi connectivity index (χ0v) is 16.7. The zero-order chi connectivity index (χ0) is 20.4. The number of fused-ring (bicyclic) bond motifs is 1. The van der Waals surface area contributed by atoms with Crippen LogP contribution < -0.4 is 10.2 Å². The molecule has 1 heterocycles. The number of benzene rings is 3. The molecule has 5 nitrogen and oxygen atoms in total. The second-order valence-electron chi connectivity index (χ2n) is 6.82. The minimum absolute atomic E-state index is 0.147. The summed E-state index contributed by atoms with van der Waals surface area (Å²) in [7, 11) is -1.08. The molecule has 0 aliphatic carbocycles. The van der Waals surface area contributed by atoms with Crippen LogP contribution in [0.25, 0.3) is 0 Å². The Morgan fingerprint density at radius 2 is 1.62 bits per heavy atom. The Morgan fingerprint density at radius 3 is 2.38 bits per heavy atom. The van der Waals surface area contributed by atoms with Crippen molar-refractivity contribution in [2.45, 2.75) is 11.8 Å². The first-order chi connectivity index (χ1) is 14.0. The largest absolute Gasteiger partial charge is 0.322 e. The average molecular weight is 404 g/mol. The van der Waals surface area contributed by atoms with E-state index in [0.29, 0.717) is 39.7 Å². The highest BCUT2D eigenvalue weighted by Gasteiger charge is 2.27. The standard InChI is InChI=1S/C23H20N2O3S/c1-16-6-2-3-7-19(16)22(26)24-18-12-10-17(11-13-18)23(27)25-14-15-29(28)21-9-5-4-8-20(21)25/h2-13H,14-15H2,1H3,(H,24,26). The highest BCUT2D eigenvalue weighted by Crippen LogP contribution is 2.29. The van der Waals surface area contributed by atoms with E-state index in [1.807, 2.05) is 43.3 Å². The molecule has 1 N–H and O–H groups in total. The number of nitrogens with zero attached hydrogens (tertiary/aromatic N) is 1. The van der Waals surface area contributed by atoms with Gasteiger partial charge in [0.2, 0.25) is 0 Å². The number of hydrogen-bond acceptors (Lipinski definition) is 3. The molecule has 0 fully saturated rings. The van der Waals surface area contributed by atoms with Crippen LogP contribution in [0.1, 0.15) is 26.3 Å². The number of amides is 2. The van der Waals surface area contributed by atoms with Gasteiger partial charge in [-0.2, -0.15) is 0 Å². The normalized spacial score (nSPS) is 15.5. The van der Waals surface area contributed by atoms with Gasteiger partial charge < -0.3 is 10.2 Å². The SMILES string of the molecule is Cc1ccccc1C(=O)Nc1ccc(C(=O)N2CCS(=O)c3ccccc32)cc1. The van der Waals surface area contributed by atoms with E-state index >= 15 is 0 Å². The molecule has 3 aromatic carbocycles. The molecule has 1 aliphatic heterocycles. The third-order valence-corrected chi connectivity index (χ3v) is 6.32. The van der Waals surface area contributed by atoms with Gasteiger partial charge in [-0.15, -0.1) is 0 Å². The van der Waals surface area contributed by atoms with Crippen molar-refractivity contribution in [2.24, 2.45) is 0 Å². The monoisotopic (exact) mass is 404 g/mol. The van der Waals surface area contributed by atoms with Gasteiger partial charge in [0, 0.05) is 29.1 Å². The molecular weight excluding hydrogens is 384 g/mol. The molecule has 4 rings (SSSR count). The maximum absolute atomic E-state index is 13.0. The minimum atomic E-state index is -1.08. The Balaban J connectivity index is 1.52. The quantitative estimate of drug-likeness (QED) is 0.717. The van der Waals surface area contributed by atoms with Crippen LogP contribution in [0.3, 0.4) is 0 Å². The summed E-state index contributed by atoms with van der Waals surface area (Å²) in [6.07, 6.45) is 0. The number of carbonyl (C=O) groups is 2. The van der Waals surface area contributed by atoms with E-state index in [0.717, 1.165) is 5.56 Å². The van der Waals surface area contributed by atoms with Crippen LogP contribution in [0.2, 0.25) is 0 Å². The zero-order valence-electron chi connectivity index (χ0n) is 15.9. The van der Waals surface area contributed by atoms with E-state index in [1.54, 1.807) is 41.3 Å². The van der Waals surface area contributed by atoms with E-state index in [-0.39, 0.29) is 11.8 Å². The molecule has 0 radical (unpaired) electrons. The summed E-state index contributed by atoms with van der Waals surface area (Å²) in [4.78, 5) is 27.8. The van der Waals surface area contributed by atoms with Crippen molar-refractivity contribution in [3.05, 3.63) is 89.5 Å². The van der Waals surface area contributed by atoms with Crippen LogP contribution in [0.5, 0.6) is 0 Å². The third kappa shape index (κ3) is 3.84. The number of anilines is 2. The fraction of sp³-hybridized carbons (Fsp3) is 0.130. The number of nitrogens with one attached hydrogen (secondary N) is 1. The molecule has 146 valence electrons. The lowest BCUT2D eigenvalue weighted by Crippen LogP contribution is -2.38. The lowest BCUT2D eigenvalue weighted by Gasteiger charge is -2.29. The Morgan fingerprint density at radius 1 is 0.931 bits per heavy atom. The average Bonchev–Trinajstić information content (AvgIpc) is 2.74. The summed E-state index contributed by atoms with van der Waals surface area (Å²) in [5, 5.41) is 2.86. The first-order valence-corrected chi connectivity index (χ1v) is 10.6. The number of carbonyl (C=O) groups excluding carboxylic acids is 2. The van der Waals surface area contributed by atoms with Gasteiger partial charge in [0.05, 0.1) is 21.4 Å². The molecule has 0 saturated heterocycles. The van der Waals surface area contributed by atoms with Crippen LogP contribution in [0.4, 0.5) is 11.4 Å². The molecular formula is C23H20N2O3S. The highest BCUT2D eigenvalue weighted by molar-refractivity contribution is 7.85. The summed E-state index contributed by atoms with van der Waals surface area (Å²) in [6.45, 7) is 2.30. The molecule has 29 heavy (non-hydrogen) atoms. The predicted octanol–water partition coefficient (Wildman–Crippen LogP) is 4.02. The molecule has 6 heteroatoms. The molecule has 1 atom stereocenters. The van der Waals surface area contributed by atoms with Gasteiger partial charge in [0.1, 0.15) is 0 Å². The van der Waals surface area contributed by atoms with Gasteiger partial charge in [-0.05, 0) is 55.0 Å². The van der Waals surface area contributed by atoms with Gasteiger partial charge in [0.15, 0.2) is 0 Å². The molecule has 1 aliphatic rings. The summed E-state index contributed by atoms with van der Waals surface area (Å²) in [5.41, 5.74) is 3.35. The second kappa shape index (κ2) is 8.01. The molecule has 2 amide bonds. The molecule has 3 aromatic rings. The first-order valence-electron chi connectivity index (χ1n) is 9.31. The van der Waals surface area contributed by atoms with Crippen LogP contribution >= 0.6 is 0 Å². The Labute approximate surface area is 171 Å². The minimum Gasteiger partial charge on any atom is -0.322 e. The second-order valence-corrected chi connectivity index (χ2v) is 8.36. The van der Waals surface area contributed by atoms with Gasteiger partial charge >= 0.3 is 0 Å². The first kappa shape index (κ1) is 19.1. The smallest absolute Gasteiger partial charge is 0.258 e.